The maximum atomic E-state index is 13.3. The van der Waals surface area contributed by atoms with Gasteiger partial charge >= 0.3 is 0 Å². The standard InChI is InChI=1S/C19H19F2N3O2/c20-16-7-6-14(12-17(16)21)19(26)24-10-8-23(9-11-24)13-18(25)22-15-4-2-1-3-5-15/h1-7,12H,8-11,13H2,(H,22,25). The van der Waals surface area contributed by atoms with Gasteiger partial charge in [-0.05, 0) is 30.3 Å². The van der Waals surface area contributed by atoms with Crippen LogP contribution in [0.1, 0.15) is 10.4 Å². The molecule has 0 atom stereocenters. The molecule has 5 nitrogen and oxygen atoms in total. The lowest BCUT2D eigenvalue weighted by atomic mass is 10.1. The van der Waals surface area contributed by atoms with E-state index in [0.717, 1.165) is 17.8 Å². The van der Waals surface area contributed by atoms with Crippen LogP contribution in [0.25, 0.3) is 0 Å². The molecule has 2 aromatic carbocycles. The van der Waals surface area contributed by atoms with Gasteiger partial charge in [0.1, 0.15) is 0 Å². The molecular formula is C19H19F2N3O2. The van der Waals surface area contributed by atoms with Crippen LogP contribution in [0.15, 0.2) is 48.5 Å². The van der Waals surface area contributed by atoms with Crippen LogP contribution in [0.4, 0.5) is 14.5 Å². The number of para-hydroxylation sites is 1. The Morgan fingerprint density at radius 3 is 2.27 bits per heavy atom. The summed E-state index contributed by atoms with van der Waals surface area (Å²) >= 11 is 0. The summed E-state index contributed by atoms with van der Waals surface area (Å²) in [5, 5.41) is 2.82. The largest absolute Gasteiger partial charge is 0.336 e. The van der Waals surface area contributed by atoms with Crippen LogP contribution in [0.5, 0.6) is 0 Å². The second-order valence-electron chi connectivity index (χ2n) is 6.11. The fourth-order valence-electron chi connectivity index (χ4n) is 2.85. The van der Waals surface area contributed by atoms with E-state index >= 15 is 0 Å². The maximum Gasteiger partial charge on any atom is 0.254 e. The Kier molecular flexibility index (Phi) is 5.58. The number of halogens is 2. The van der Waals surface area contributed by atoms with E-state index in [-0.39, 0.29) is 23.9 Å². The van der Waals surface area contributed by atoms with Crippen molar-refractivity contribution in [1.29, 1.82) is 0 Å². The second-order valence-corrected chi connectivity index (χ2v) is 6.11. The highest BCUT2D eigenvalue weighted by Crippen LogP contribution is 2.13. The molecule has 1 N–H and O–H groups in total. The smallest absolute Gasteiger partial charge is 0.254 e. The number of amides is 2. The highest BCUT2D eigenvalue weighted by Gasteiger charge is 2.24. The number of hydrogen-bond acceptors (Lipinski definition) is 3. The van der Waals surface area contributed by atoms with Gasteiger partial charge in [-0.15, -0.1) is 0 Å². The van der Waals surface area contributed by atoms with E-state index in [1.807, 2.05) is 35.2 Å². The van der Waals surface area contributed by atoms with Crippen molar-refractivity contribution >= 4 is 17.5 Å². The van der Waals surface area contributed by atoms with Crippen LogP contribution in [-0.4, -0.2) is 54.3 Å². The lowest BCUT2D eigenvalue weighted by Crippen LogP contribution is -2.50. The summed E-state index contributed by atoms with van der Waals surface area (Å²) in [6.45, 7) is 2.17. The summed E-state index contributed by atoms with van der Waals surface area (Å²) in [6.07, 6.45) is 0. The molecule has 7 heteroatoms. The molecule has 3 rings (SSSR count). The minimum atomic E-state index is -1.04. The van der Waals surface area contributed by atoms with Crippen molar-refractivity contribution in [3.63, 3.8) is 0 Å². The molecule has 0 saturated carbocycles. The monoisotopic (exact) mass is 359 g/mol. The molecular weight excluding hydrogens is 340 g/mol. The van der Waals surface area contributed by atoms with Crippen LogP contribution < -0.4 is 5.32 Å². The van der Waals surface area contributed by atoms with E-state index < -0.39 is 11.6 Å². The molecule has 0 spiro atoms. The highest BCUT2D eigenvalue weighted by molar-refractivity contribution is 5.94. The number of nitrogens with one attached hydrogen (secondary N) is 1. The predicted molar refractivity (Wildman–Crippen MR) is 93.8 cm³/mol. The van der Waals surface area contributed by atoms with Gasteiger partial charge in [0.2, 0.25) is 5.91 Å². The summed E-state index contributed by atoms with van der Waals surface area (Å²) in [5.74, 6) is -2.46. The van der Waals surface area contributed by atoms with E-state index in [0.29, 0.717) is 26.2 Å². The van der Waals surface area contributed by atoms with Crippen molar-refractivity contribution in [2.75, 3.05) is 38.0 Å². The van der Waals surface area contributed by atoms with Crippen molar-refractivity contribution in [2.24, 2.45) is 0 Å². The average molecular weight is 359 g/mol. The van der Waals surface area contributed by atoms with Crippen LogP contribution in [0.3, 0.4) is 0 Å². The number of piperazine rings is 1. The molecule has 1 fully saturated rings. The van der Waals surface area contributed by atoms with Crippen molar-refractivity contribution in [2.45, 2.75) is 0 Å². The number of rotatable bonds is 4. The first-order chi connectivity index (χ1) is 12.5. The van der Waals surface area contributed by atoms with E-state index in [1.54, 1.807) is 4.90 Å². The Bertz CT molecular complexity index is 791. The normalized spacial score (nSPS) is 14.9. The Labute approximate surface area is 150 Å². The van der Waals surface area contributed by atoms with Crippen LogP contribution in [0, 0.1) is 11.6 Å². The second kappa shape index (κ2) is 8.05. The van der Waals surface area contributed by atoms with E-state index in [9.17, 15) is 18.4 Å². The summed E-state index contributed by atoms with van der Waals surface area (Å²) in [7, 11) is 0. The minimum absolute atomic E-state index is 0.114. The summed E-state index contributed by atoms with van der Waals surface area (Å²) in [6, 6.07) is 12.3. The SMILES string of the molecule is O=C(CN1CCN(C(=O)c2ccc(F)c(F)c2)CC1)Nc1ccccc1. The highest BCUT2D eigenvalue weighted by atomic mass is 19.2. The van der Waals surface area contributed by atoms with Crippen molar-refractivity contribution in [3.8, 4) is 0 Å². The molecule has 0 aromatic heterocycles. The van der Waals surface area contributed by atoms with Crippen LogP contribution >= 0.6 is 0 Å². The number of carbonyl (C=O) groups excluding carboxylic acids is 2. The van der Waals surface area contributed by atoms with Gasteiger partial charge in [0.25, 0.3) is 5.91 Å². The zero-order valence-electron chi connectivity index (χ0n) is 14.1. The molecule has 1 saturated heterocycles. The molecule has 0 unspecified atom stereocenters. The molecule has 1 aliphatic heterocycles. The van der Waals surface area contributed by atoms with Gasteiger partial charge in [0.05, 0.1) is 6.54 Å². The third-order valence-electron chi connectivity index (χ3n) is 4.25. The fraction of sp³-hybridized carbons (Fsp3) is 0.263. The molecule has 1 heterocycles. The molecule has 136 valence electrons. The average Bonchev–Trinajstić information content (AvgIpc) is 2.65. The van der Waals surface area contributed by atoms with Gasteiger partial charge < -0.3 is 10.2 Å². The molecule has 0 radical (unpaired) electrons. The third-order valence-corrected chi connectivity index (χ3v) is 4.25. The Morgan fingerprint density at radius 2 is 1.62 bits per heavy atom. The Morgan fingerprint density at radius 1 is 0.923 bits per heavy atom. The molecule has 0 bridgehead atoms. The van der Waals surface area contributed by atoms with Crippen LogP contribution in [0.2, 0.25) is 0 Å². The van der Waals surface area contributed by atoms with E-state index in [4.69, 9.17) is 0 Å². The first kappa shape index (κ1) is 18.0. The predicted octanol–water partition coefficient (Wildman–Crippen LogP) is 2.36. The zero-order chi connectivity index (χ0) is 18.5. The lowest BCUT2D eigenvalue weighted by molar-refractivity contribution is -0.117. The number of carbonyl (C=O) groups is 2. The first-order valence-electron chi connectivity index (χ1n) is 8.34. The minimum Gasteiger partial charge on any atom is -0.336 e. The van der Waals surface area contributed by atoms with E-state index in [2.05, 4.69) is 5.32 Å². The zero-order valence-corrected chi connectivity index (χ0v) is 14.1. The van der Waals surface area contributed by atoms with E-state index in [1.165, 1.54) is 6.07 Å². The molecule has 2 aromatic rings. The van der Waals surface area contributed by atoms with Crippen molar-refractivity contribution in [1.82, 2.24) is 9.80 Å². The number of benzene rings is 2. The number of hydrogen-bond donors (Lipinski definition) is 1. The lowest BCUT2D eigenvalue weighted by Gasteiger charge is -2.34. The van der Waals surface area contributed by atoms with Gasteiger partial charge in [-0.2, -0.15) is 0 Å². The Balaban J connectivity index is 1.50. The topological polar surface area (TPSA) is 52.7 Å². The number of nitrogens with zero attached hydrogens (tertiary/aromatic N) is 2. The fourth-order valence-corrected chi connectivity index (χ4v) is 2.85. The molecule has 1 aliphatic rings. The van der Waals surface area contributed by atoms with Gasteiger partial charge in [-0.3, -0.25) is 14.5 Å². The van der Waals surface area contributed by atoms with Crippen molar-refractivity contribution in [3.05, 3.63) is 65.7 Å². The summed E-state index contributed by atoms with van der Waals surface area (Å²) < 4.78 is 26.3. The summed E-state index contributed by atoms with van der Waals surface area (Å²) in [4.78, 5) is 28.0. The summed E-state index contributed by atoms with van der Waals surface area (Å²) in [5.41, 5.74) is 0.865. The molecule has 0 aliphatic carbocycles. The van der Waals surface area contributed by atoms with Gasteiger partial charge in [-0.1, -0.05) is 18.2 Å². The maximum absolute atomic E-state index is 13.3. The van der Waals surface area contributed by atoms with Crippen molar-refractivity contribution < 1.29 is 18.4 Å². The Hall–Kier alpha value is -2.80. The molecule has 2 amide bonds. The molecule has 26 heavy (non-hydrogen) atoms. The quantitative estimate of drug-likeness (QED) is 0.912. The third kappa shape index (κ3) is 4.43. The van der Waals surface area contributed by atoms with Crippen LogP contribution in [-0.2, 0) is 4.79 Å². The van der Waals surface area contributed by atoms with Gasteiger partial charge in [0, 0.05) is 37.4 Å². The number of anilines is 1. The first-order valence-corrected chi connectivity index (χ1v) is 8.34. The van der Waals surface area contributed by atoms with Gasteiger partial charge in [-0.25, -0.2) is 8.78 Å². The van der Waals surface area contributed by atoms with Gasteiger partial charge in [0.15, 0.2) is 11.6 Å².